The summed E-state index contributed by atoms with van der Waals surface area (Å²) in [5, 5.41) is 8.60. The van der Waals surface area contributed by atoms with E-state index < -0.39 is 0 Å². The van der Waals surface area contributed by atoms with E-state index in [9.17, 15) is 9.59 Å². The molecule has 2 unspecified atom stereocenters. The molecule has 0 radical (unpaired) electrons. The molecule has 1 heterocycles. The van der Waals surface area contributed by atoms with Crippen LogP contribution in [-0.4, -0.2) is 37.0 Å². The molecule has 0 aromatic carbocycles. The Morgan fingerprint density at radius 1 is 1.41 bits per heavy atom. The molecule has 98 valence electrons. The lowest BCUT2D eigenvalue weighted by Gasteiger charge is -2.28. The zero-order chi connectivity index (χ0) is 12.8. The Hall–Kier alpha value is -1.10. The minimum absolute atomic E-state index is 0.0575. The minimum atomic E-state index is -0.157. The highest BCUT2D eigenvalue weighted by atomic mass is 16.2. The van der Waals surface area contributed by atoms with Crippen LogP contribution in [0.5, 0.6) is 0 Å². The SMILES string of the molecule is CC(C)NC(=O)CNC(=O)C1NCCCC1C. The highest BCUT2D eigenvalue weighted by Crippen LogP contribution is 2.15. The molecule has 0 aromatic rings. The molecule has 1 rings (SSSR count). The summed E-state index contributed by atoms with van der Waals surface area (Å²) in [7, 11) is 0. The van der Waals surface area contributed by atoms with Crippen molar-refractivity contribution in [3.05, 3.63) is 0 Å². The van der Waals surface area contributed by atoms with Crippen molar-refractivity contribution in [3.8, 4) is 0 Å². The molecular weight excluding hydrogens is 218 g/mol. The molecule has 0 aliphatic carbocycles. The largest absolute Gasteiger partial charge is 0.352 e. The van der Waals surface area contributed by atoms with Crippen molar-refractivity contribution in [2.75, 3.05) is 13.1 Å². The van der Waals surface area contributed by atoms with Gasteiger partial charge in [0.05, 0.1) is 12.6 Å². The molecule has 1 saturated heterocycles. The molecule has 0 aromatic heterocycles. The fourth-order valence-electron chi connectivity index (χ4n) is 2.05. The Morgan fingerprint density at radius 3 is 2.71 bits per heavy atom. The summed E-state index contributed by atoms with van der Waals surface area (Å²) in [5.41, 5.74) is 0. The normalized spacial score (nSPS) is 24.5. The van der Waals surface area contributed by atoms with E-state index in [2.05, 4.69) is 22.9 Å². The topological polar surface area (TPSA) is 70.2 Å². The summed E-state index contributed by atoms with van der Waals surface area (Å²) in [6.07, 6.45) is 2.17. The number of nitrogens with one attached hydrogen (secondary N) is 3. The van der Waals surface area contributed by atoms with Crippen LogP contribution in [0.2, 0.25) is 0 Å². The van der Waals surface area contributed by atoms with Gasteiger partial charge in [-0.3, -0.25) is 9.59 Å². The number of carbonyl (C=O) groups excluding carboxylic acids is 2. The predicted molar refractivity (Wildman–Crippen MR) is 66.5 cm³/mol. The second-order valence-electron chi connectivity index (χ2n) is 4.99. The summed E-state index contributed by atoms with van der Waals surface area (Å²) in [4.78, 5) is 23.2. The van der Waals surface area contributed by atoms with Crippen molar-refractivity contribution in [2.45, 2.75) is 45.7 Å². The summed E-state index contributed by atoms with van der Waals surface area (Å²) in [6, 6.07) is -0.0540. The molecule has 2 atom stereocenters. The van der Waals surface area contributed by atoms with E-state index in [4.69, 9.17) is 0 Å². The molecule has 5 heteroatoms. The summed E-state index contributed by atoms with van der Waals surface area (Å²) >= 11 is 0. The fourth-order valence-corrected chi connectivity index (χ4v) is 2.05. The summed E-state index contributed by atoms with van der Waals surface area (Å²) in [6.45, 7) is 6.78. The average molecular weight is 241 g/mol. The molecule has 1 aliphatic heterocycles. The van der Waals surface area contributed by atoms with Gasteiger partial charge in [0.2, 0.25) is 11.8 Å². The van der Waals surface area contributed by atoms with Crippen LogP contribution in [0.4, 0.5) is 0 Å². The van der Waals surface area contributed by atoms with Gasteiger partial charge in [0.1, 0.15) is 0 Å². The van der Waals surface area contributed by atoms with E-state index in [0.717, 1.165) is 19.4 Å². The molecule has 2 amide bonds. The Labute approximate surface area is 103 Å². The molecule has 0 bridgehead atoms. The third kappa shape index (κ3) is 4.73. The van der Waals surface area contributed by atoms with Crippen molar-refractivity contribution >= 4 is 11.8 Å². The molecule has 17 heavy (non-hydrogen) atoms. The van der Waals surface area contributed by atoms with E-state index in [1.807, 2.05) is 13.8 Å². The molecule has 5 nitrogen and oxygen atoms in total. The molecule has 1 aliphatic rings. The van der Waals surface area contributed by atoms with E-state index >= 15 is 0 Å². The zero-order valence-electron chi connectivity index (χ0n) is 10.9. The molecule has 3 N–H and O–H groups in total. The first-order valence-electron chi connectivity index (χ1n) is 6.31. The van der Waals surface area contributed by atoms with Gasteiger partial charge in [-0.05, 0) is 39.2 Å². The third-order valence-corrected chi connectivity index (χ3v) is 2.92. The first-order chi connectivity index (χ1) is 8.00. The maximum atomic E-state index is 11.8. The lowest BCUT2D eigenvalue weighted by Crippen LogP contribution is -2.52. The van der Waals surface area contributed by atoms with Gasteiger partial charge in [-0.25, -0.2) is 0 Å². The first-order valence-corrected chi connectivity index (χ1v) is 6.31. The highest BCUT2D eigenvalue weighted by molar-refractivity contribution is 5.87. The monoisotopic (exact) mass is 241 g/mol. The number of amides is 2. The quantitative estimate of drug-likeness (QED) is 0.649. The standard InChI is InChI=1S/C12H23N3O2/c1-8(2)15-10(16)7-14-12(17)11-9(3)5-4-6-13-11/h8-9,11,13H,4-7H2,1-3H3,(H,14,17)(H,15,16). The Bertz CT molecular complexity index is 279. The highest BCUT2D eigenvalue weighted by Gasteiger charge is 2.27. The fraction of sp³-hybridized carbons (Fsp3) is 0.833. The lowest BCUT2D eigenvalue weighted by atomic mass is 9.92. The third-order valence-electron chi connectivity index (χ3n) is 2.92. The van der Waals surface area contributed by atoms with E-state index in [1.54, 1.807) is 0 Å². The zero-order valence-corrected chi connectivity index (χ0v) is 10.9. The van der Waals surface area contributed by atoms with Gasteiger partial charge in [0.15, 0.2) is 0 Å². The number of piperidine rings is 1. The lowest BCUT2D eigenvalue weighted by molar-refractivity contribution is -0.128. The molecule has 0 saturated carbocycles. The van der Waals surface area contributed by atoms with Gasteiger partial charge in [-0.2, -0.15) is 0 Å². The van der Waals surface area contributed by atoms with Crippen LogP contribution >= 0.6 is 0 Å². The van der Waals surface area contributed by atoms with Gasteiger partial charge in [-0.15, -0.1) is 0 Å². The summed E-state index contributed by atoms with van der Waals surface area (Å²) < 4.78 is 0. The smallest absolute Gasteiger partial charge is 0.239 e. The molecular formula is C12H23N3O2. The van der Waals surface area contributed by atoms with Crippen molar-refractivity contribution in [2.24, 2.45) is 5.92 Å². The molecule has 1 fully saturated rings. The second kappa shape index (κ2) is 6.59. The van der Waals surface area contributed by atoms with Crippen LogP contribution in [0.25, 0.3) is 0 Å². The maximum absolute atomic E-state index is 11.8. The van der Waals surface area contributed by atoms with Crippen molar-refractivity contribution in [1.82, 2.24) is 16.0 Å². The molecule has 0 spiro atoms. The Kier molecular flexibility index (Phi) is 5.41. The number of hydrogen-bond acceptors (Lipinski definition) is 3. The van der Waals surface area contributed by atoms with E-state index in [-0.39, 0.29) is 30.4 Å². The van der Waals surface area contributed by atoms with Crippen molar-refractivity contribution in [1.29, 1.82) is 0 Å². The average Bonchev–Trinajstić information content (AvgIpc) is 2.25. The number of hydrogen-bond donors (Lipinski definition) is 3. The van der Waals surface area contributed by atoms with Gasteiger partial charge >= 0.3 is 0 Å². The van der Waals surface area contributed by atoms with Crippen LogP contribution in [0.15, 0.2) is 0 Å². The summed E-state index contributed by atoms with van der Waals surface area (Å²) in [5.74, 6) is 0.116. The van der Waals surface area contributed by atoms with Crippen LogP contribution < -0.4 is 16.0 Å². The Balaban J connectivity index is 2.31. The van der Waals surface area contributed by atoms with Gasteiger partial charge < -0.3 is 16.0 Å². The van der Waals surface area contributed by atoms with Crippen molar-refractivity contribution < 1.29 is 9.59 Å². The number of carbonyl (C=O) groups is 2. The predicted octanol–water partition coefficient (Wildman–Crippen LogP) is 0.0153. The van der Waals surface area contributed by atoms with Crippen molar-refractivity contribution in [3.63, 3.8) is 0 Å². The van der Waals surface area contributed by atoms with Crippen LogP contribution in [0.3, 0.4) is 0 Å². The van der Waals surface area contributed by atoms with Crippen LogP contribution in [0, 0.1) is 5.92 Å². The van der Waals surface area contributed by atoms with Gasteiger partial charge in [-0.1, -0.05) is 6.92 Å². The Morgan fingerprint density at radius 2 is 2.12 bits per heavy atom. The first kappa shape index (κ1) is 14.0. The minimum Gasteiger partial charge on any atom is -0.352 e. The van der Waals surface area contributed by atoms with E-state index in [1.165, 1.54) is 0 Å². The van der Waals surface area contributed by atoms with E-state index in [0.29, 0.717) is 5.92 Å². The van der Waals surface area contributed by atoms with Crippen LogP contribution in [0.1, 0.15) is 33.6 Å². The van der Waals surface area contributed by atoms with Gasteiger partial charge in [0.25, 0.3) is 0 Å². The second-order valence-corrected chi connectivity index (χ2v) is 4.99. The number of rotatable bonds is 4. The van der Waals surface area contributed by atoms with Gasteiger partial charge in [0, 0.05) is 6.04 Å². The van der Waals surface area contributed by atoms with Crippen LogP contribution in [-0.2, 0) is 9.59 Å². The maximum Gasteiger partial charge on any atom is 0.239 e.